The number of para-hydroxylation sites is 1. The first kappa shape index (κ1) is 21.8. The number of methoxy groups -OCH3 is 1. The summed E-state index contributed by atoms with van der Waals surface area (Å²) < 4.78 is 5.18. The normalized spacial score (nSPS) is 16.3. The molecule has 1 aliphatic carbocycles. The molecule has 2 heterocycles. The van der Waals surface area contributed by atoms with Gasteiger partial charge in [-0.25, -0.2) is 0 Å². The number of likely N-dealkylation sites (N-methyl/N-ethyl adjacent to an activating group) is 1. The molecule has 1 aromatic carbocycles. The fourth-order valence-electron chi connectivity index (χ4n) is 4.22. The summed E-state index contributed by atoms with van der Waals surface area (Å²) in [6.45, 7) is 2.39. The highest BCUT2D eigenvalue weighted by Gasteiger charge is 2.36. The second-order valence-corrected chi connectivity index (χ2v) is 8.24. The molecule has 0 bridgehead atoms. The molecule has 1 amide bonds. The summed E-state index contributed by atoms with van der Waals surface area (Å²) in [5.41, 5.74) is 4.81. The lowest BCUT2D eigenvalue weighted by Gasteiger charge is -2.30. The van der Waals surface area contributed by atoms with E-state index in [1.807, 2.05) is 49.4 Å². The maximum atomic E-state index is 13.3. The molecule has 1 unspecified atom stereocenters. The summed E-state index contributed by atoms with van der Waals surface area (Å²) in [5.74, 6) is -0.466. The Morgan fingerprint density at radius 2 is 1.94 bits per heavy atom. The fraction of sp³-hybridized carbons (Fsp3) is 0.320. The lowest BCUT2D eigenvalue weighted by Crippen LogP contribution is -2.43. The topological polar surface area (TPSA) is 87.3 Å². The number of nitrogens with one attached hydrogen (secondary N) is 2. The summed E-state index contributed by atoms with van der Waals surface area (Å²) in [7, 11) is 3.39. The first-order chi connectivity index (χ1) is 15.5. The van der Waals surface area contributed by atoms with Gasteiger partial charge in [-0.1, -0.05) is 18.2 Å². The van der Waals surface area contributed by atoms with E-state index in [9.17, 15) is 9.59 Å². The van der Waals surface area contributed by atoms with E-state index < -0.39 is 5.92 Å². The molecule has 7 heteroatoms. The van der Waals surface area contributed by atoms with Crippen molar-refractivity contribution in [2.75, 3.05) is 26.1 Å². The van der Waals surface area contributed by atoms with Crippen LogP contribution in [0.4, 0.5) is 11.4 Å². The maximum absolute atomic E-state index is 13.3. The number of aromatic nitrogens is 2. The summed E-state index contributed by atoms with van der Waals surface area (Å²) in [4.78, 5) is 35.6. The van der Waals surface area contributed by atoms with Gasteiger partial charge < -0.3 is 19.9 Å². The molecule has 2 aromatic heterocycles. The lowest BCUT2D eigenvalue weighted by atomic mass is 9.85. The zero-order valence-corrected chi connectivity index (χ0v) is 18.6. The van der Waals surface area contributed by atoms with Crippen LogP contribution in [0, 0.1) is 5.92 Å². The van der Waals surface area contributed by atoms with Crippen LogP contribution < -0.4 is 5.32 Å². The van der Waals surface area contributed by atoms with E-state index in [1.54, 1.807) is 31.5 Å². The monoisotopic (exact) mass is 432 g/mol. The number of fused-ring (bicyclic) bond motifs is 1. The zero-order valence-electron chi connectivity index (χ0n) is 18.6. The maximum Gasteiger partial charge on any atom is 0.226 e. The van der Waals surface area contributed by atoms with Gasteiger partial charge in [-0.2, -0.15) is 0 Å². The van der Waals surface area contributed by atoms with Crippen molar-refractivity contribution < 1.29 is 14.3 Å². The molecule has 0 saturated carbocycles. The number of Topliss-reactive ketones (excluding diaryl/α,β-unsaturated/α-hetero) is 1. The molecular formula is C25H28N4O3. The van der Waals surface area contributed by atoms with Gasteiger partial charge in [0.15, 0.2) is 5.78 Å². The Morgan fingerprint density at radius 1 is 1.22 bits per heavy atom. The minimum absolute atomic E-state index is 0.0348. The molecule has 0 fully saturated rings. The van der Waals surface area contributed by atoms with Crippen LogP contribution in [0.25, 0.3) is 11.3 Å². The van der Waals surface area contributed by atoms with Crippen molar-refractivity contribution in [3.05, 3.63) is 66.1 Å². The summed E-state index contributed by atoms with van der Waals surface area (Å²) in [5, 5.41) is 3.43. The van der Waals surface area contributed by atoms with Gasteiger partial charge in [0.05, 0.1) is 35.5 Å². The number of carbonyl (C=O) groups excluding carboxylic acids is 2. The van der Waals surface area contributed by atoms with E-state index in [-0.39, 0.29) is 24.2 Å². The van der Waals surface area contributed by atoms with Crippen LogP contribution in [0.15, 0.2) is 54.9 Å². The van der Waals surface area contributed by atoms with Gasteiger partial charge in [-0.05, 0) is 31.2 Å². The van der Waals surface area contributed by atoms with Gasteiger partial charge in [-0.3, -0.25) is 14.6 Å². The molecule has 32 heavy (non-hydrogen) atoms. The molecule has 2 atom stereocenters. The van der Waals surface area contributed by atoms with Gasteiger partial charge in [0.25, 0.3) is 0 Å². The number of H-pyrrole nitrogens is 1. The van der Waals surface area contributed by atoms with Crippen molar-refractivity contribution in [1.29, 1.82) is 0 Å². The second-order valence-electron chi connectivity index (χ2n) is 8.24. The minimum Gasteiger partial charge on any atom is -0.383 e. The number of aromatic amines is 1. The predicted molar refractivity (Wildman–Crippen MR) is 124 cm³/mol. The third-order valence-corrected chi connectivity index (χ3v) is 6.02. The Morgan fingerprint density at radius 3 is 2.62 bits per heavy atom. The minimum atomic E-state index is -0.396. The van der Waals surface area contributed by atoms with Crippen LogP contribution in [0.5, 0.6) is 0 Å². The zero-order chi connectivity index (χ0) is 22.7. The van der Waals surface area contributed by atoms with Crippen molar-refractivity contribution in [3.63, 3.8) is 0 Å². The van der Waals surface area contributed by atoms with E-state index in [0.29, 0.717) is 18.6 Å². The molecule has 0 radical (unpaired) electrons. The van der Waals surface area contributed by atoms with Crippen LogP contribution in [0.2, 0.25) is 0 Å². The fourth-order valence-corrected chi connectivity index (χ4v) is 4.22. The molecule has 0 saturated heterocycles. The van der Waals surface area contributed by atoms with Crippen LogP contribution in [-0.4, -0.2) is 53.4 Å². The highest BCUT2D eigenvalue weighted by Crippen LogP contribution is 2.40. The standard InChI is InChI=1S/C25H28N4O3/c1-16(15-32-3)29(2)25(31)18-13-20-22(21(30)14-18)24(27-19-7-5-4-6-8-19)23(28-20)17-9-11-26-12-10-17/h4-12,16,18,27-28H,13-15H2,1-3H3/t16-,18?/m0/s1. The number of pyridine rings is 1. The Bertz CT molecular complexity index is 1100. The van der Waals surface area contributed by atoms with Crippen LogP contribution in [0.3, 0.4) is 0 Å². The van der Waals surface area contributed by atoms with Crippen molar-refractivity contribution in [2.24, 2.45) is 5.92 Å². The van der Waals surface area contributed by atoms with Crippen molar-refractivity contribution in [3.8, 4) is 11.3 Å². The first-order valence-electron chi connectivity index (χ1n) is 10.8. The summed E-state index contributed by atoms with van der Waals surface area (Å²) >= 11 is 0. The van der Waals surface area contributed by atoms with Gasteiger partial charge in [0, 0.05) is 56.3 Å². The Labute approximate surface area is 187 Å². The number of hydrogen-bond donors (Lipinski definition) is 2. The van der Waals surface area contributed by atoms with Gasteiger partial charge in [-0.15, -0.1) is 0 Å². The Kier molecular flexibility index (Phi) is 6.37. The molecule has 4 rings (SSSR count). The largest absolute Gasteiger partial charge is 0.383 e. The second kappa shape index (κ2) is 9.36. The number of nitrogens with zero attached hydrogens (tertiary/aromatic N) is 2. The first-order valence-corrected chi connectivity index (χ1v) is 10.8. The number of anilines is 2. The van der Waals surface area contributed by atoms with E-state index in [1.165, 1.54) is 0 Å². The molecule has 0 spiro atoms. The highest BCUT2D eigenvalue weighted by molar-refractivity contribution is 6.09. The quantitative estimate of drug-likeness (QED) is 0.588. The van der Waals surface area contributed by atoms with E-state index in [2.05, 4.69) is 15.3 Å². The Balaban J connectivity index is 1.70. The van der Waals surface area contributed by atoms with Crippen molar-refractivity contribution >= 4 is 23.1 Å². The predicted octanol–water partition coefficient (Wildman–Crippen LogP) is 4.06. The summed E-state index contributed by atoms with van der Waals surface area (Å²) in [6, 6.07) is 13.5. The van der Waals surface area contributed by atoms with E-state index >= 15 is 0 Å². The average molecular weight is 433 g/mol. The smallest absolute Gasteiger partial charge is 0.226 e. The number of amides is 1. The van der Waals surface area contributed by atoms with E-state index in [0.717, 1.165) is 28.3 Å². The van der Waals surface area contributed by atoms with Gasteiger partial charge >= 0.3 is 0 Å². The number of hydrogen-bond acceptors (Lipinski definition) is 5. The van der Waals surface area contributed by atoms with Gasteiger partial charge in [0.2, 0.25) is 5.91 Å². The average Bonchev–Trinajstić information content (AvgIpc) is 3.18. The van der Waals surface area contributed by atoms with Gasteiger partial charge in [0.1, 0.15) is 0 Å². The third-order valence-electron chi connectivity index (χ3n) is 6.02. The number of carbonyl (C=O) groups is 2. The van der Waals surface area contributed by atoms with E-state index in [4.69, 9.17) is 4.74 Å². The number of ether oxygens (including phenoxy) is 1. The Hall–Kier alpha value is -3.45. The molecule has 7 nitrogen and oxygen atoms in total. The van der Waals surface area contributed by atoms with Crippen molar-refractivity contribution in [2.45, 2.75) is 25.8 Å². The third kappa shape index (κ3) is 4.29. The van der Waals surface area contributed by atoms with Crippen LogP contribution in [-0.2, 0) is 16.0 Å². The number of ketones is 1. The highest BCUT2D eigenvalue weighted by atomic mass is 16.5. The molecule has 166 valence electrons. The number of rotatable bonds is 7. The SMILES string of the molecule is COC[C@H](C)N(C)C(=O)C1CC(=O)c2c([nH]c(-c3ccncc3)c2Nc2ccccc2)C1. The van der Waals surface area contributed by atoms with Crippen LogP contribution >= 0.6 is 0 Å². The molecule has 2 N–H and O–H groups in total. The molecule has 1 aliphatic rings. The molecular weight excluding hydrogens is 404 g/mol. The lowest BCUT2D eigenvalue weighted by molar-refractivity contribution is -0.137. The van der Waals surface area contributed by atoms with Crippen LogP contribution in [0.1, 0.15) is 29.4 Å². The summed E-state index contributed by atoms with van der Waals surface area (Å²) in [6.07, 6.45) is 4.12. The van der Waals surface area contributed by atoms with Crippen molar-refractivity contribution in [1.82, 2.24) is 14.9 Å². The molecule has 0 aliphatic heterocycles. The molecule has 3 aromatic rings. The number of benzene rings is 1.